The number of sulfonamides is 1. The van der Waals surface area contributed by atoms with Gasteiger partial charge in [-0.3, -0.25) is 0 Å². The Kier molecular flexibility index (Phi) is 4.80. The maximum atomic E-state index is 13.6. The number of halogens is 2. The molecule has 5 nitrogen and oxygen atoms in total. The molecular formula is C13H17F2NO4S. The third kappa shape index (κ3) is 4.36. The van der Waals surface area contributed by atoms with Crippen LogP contribution < -0.4 is 9.88 Å². The summed E-state index contributed by atoms with van der Waals surface area (Å²) in [6.45, 7) is 0.697. The highest BCUT2D eigenvalue weighted by Crippen LogP contribution is 2.33. The fourth-order valence-electron chi connectivity index (χ4n) is 2.39. The lowest BCUT2D eigenvalue weighted by molar-refractivity contribution is 0.00133. The van der Waals surface area contributed by atoms with E-state index < -0.39 is 27.1 Å². The van der Waals surface area contributed by atoms with Crippen LogP contribution in [0.4, 0.5) is 8.78 Å². The summed E-state index contributed by atoms with van der Waals surface area (Å²) >= 11 is 0. The number of benzene rings is 1. The molecule has 0 unspecified atom stereocenters. The van der Waals surface area contributed by atoms with Crippen molar-refractivity contribution in [3.8, 4) is 5.75 Å². The van der Waals surface area contributed by atoms with Crippen molar-refractivity contribution in [1.29, 1.82) is 0 Å². The van der Waals surface area contributed by atoms with Crippen molar-refractivity contribution in [2.45, 2.75) is 12.8 Å². The van der Waals surface area contributed by atoms with E-state index in [9.17, 15) is 17.2 Å². The largest absolute Gasteiger partial charge is 0.490 e. The third-order valence-corrected chi connectivity index (χ3v) is 4.53. The second-order valence-corrected chi connectivity index (χ2v) is 6.87. The van der Waals surface area contributed by atoms with Gasteiger partial charge < -0.3 is 9.47 Å². The predicted molar refractivity (Wildman–Crippen MR) is 72.3 cm³/mol. The van der Waals surface area contributed by atoms with Crippen LogP contribution in [-0.4, -0.2) is 34.0 Å². The highest BCUT2D eigenvalue weighted by Gasteiger charge is 2.37. The molecule has 2 N–H and O–H groups in total. The highest BCUT2D eigenvalue weighted by molar-refractivity contribution is 7.89. The molecular weight excluding hydrogens is 304 g/mol. The van der Waals surface area contributed by atoms with Gasteiger partial charge in [-0.2, -0.15) is 4.39 Å². The van der Waals surface area contributed by atoms with E-state index >= 15 is 0 Å². The van der Waals surface area contributed by atoms with Crippen LogP contribution in [0.15, 0.2) is 18.2 Å². The van der Waals surface area contributed by atoms with Gasteiger partial charge in [-0.15, -0.1) is 0 Å². The van der Waals surface area contributed by atoms with Crippen LogP contribution >= 0.6 is 0 Å². The molecule has 1 aromatic carbocycles. The highest BCUT2D eigenvalue weighted by atomic mass is 32.2. The third-order valence-electron chi connectivity index (χ3n) is 3.51. The monoisotopic (exact) mass is 321 g/mol. The minimum absolute atomic E-state index is 0.0623. The molecule has 0 aliphatic carbocycles. The molecule has 118 valence electrons. The molecule has 0 aromatic heterocycles. The Balaban J connectivity index is 2.14. The van der Waals surface area contributed by atoms with E-state index in [0.717, 1.165) is 6.07 Å². The quantitative estimate of drug-likeness (QED) is 0.890. The van der Waals surface area contributed by atoms with Crippen LogP contribution in [0.25, 0.3) is 0 Å². The molecule has 8 heteroatoms. The van der Waals surface area contributed by atoms with E-state index in [0.29, 0.717) is 26.1 Å². The summed E-state index contributed by atoms with van der Waals surface area (Å²) in [6, 6.07) is 3.60. The molecule has 0 atom stereocenters. The standard InChI is InChI=1S/C13H17F2NO4S/c14-10-2-1-3-11(12(10)15)20-8-13(9-21(16,17)18)4-6-19-7-5-13/h1-3H,4-9H2,(H2,16,17,18). The molecule has 1 fully saturated rings. The van der Waals surface area contributed by atoms with Crippen LogP contribution in [0.5, 0.6) is 5.75 Å². The molecule has 0 radical (unpaired) electrons. The maximum absolute atomic E-state index is 13.6. The Bertz CT molecular complexity index is 600. The van der Waals surface area contributed by atoms with Gasteiger partial charge in [-0.25, -0.2) is 17.9 Å². The lowest BCUT2D eigenvalue weighted by atomic mass is 9.83. The van der Waals surface area contributed by atoms with Crippen LogP contribution in [0.2, 0.25) is 0 Å². The second kappa shape index (κ2) is 6.25. The molecule has 2 rings (SSSR count). The average Bonchev–Trinajstić information content (AvgIpc) is 2.40. The summed E-state index contributed by atoms with van der Waals surface area (Å²) in [6.07, 6.45) is 0.862. The van der Waals surface area contributed by atoms with Crippen LogP contribution in [-0.2, 0) is 14.8 Å². The van der Waals surface area contributed by atoms with Crippen molar-refractivity contribution >= 4 is 10.0 Å². The summed E-state index contributed by atoms with van der Waals surface area (Å²) < 4.78 is 60.0. The number of nitrogens with two attached hydrogens (primary N) is 1. The Hall–Kier alpha value is -1.25. The fraction of sp³-hybridized carbons (Fsp3) is 0.538. The Morgan fingerprint density at radius 3 is 2.57 bits per heavy atom. The van der Waals surface area contributed by atoms with Crippen molar-refractivity contribution in [1.82, 2.24) is 0 Å². The number of primary sulfonamides is 1. The topological polar surface area (TPSA) is 78.6 Å². The van der Waals surface area contributed by atoms with E-state index in [1.807, 2.05) is 0 Å². The van der Waals surface area contributed by atoms with Gasteiger partial charge in [-0.05, 0) is 25.0 Å². The zero-order valence-corrected chi connectivity index (χ0v) is 12.2. The van der Waals surface area contributed by atoms with Crippen LogP contribution in [0, 0.1) is 17.0 Å². The second-order valence-electron chi connectivity index (χ2n) is 5.26. The Labute approximate surface area is 122 Å². The van der Waals surface area contributed by atoms with Crippen LogP contribution in [0.3, 0.4) is 0 Å². The summed E-state index contributed by atoms with van der Waals surface area (Å²) in [5, 5.41) is 5.12. The van der Waals surface area contributed by atoms with E-state index in [1.54, 1.807) is 0 Å². The summed E-state index contributed by atoms with van der Waals surface area (Å²) in [7, 11) is -3.71. The number of hydrogen-bond donors (Lipinski definition) is 1. The molecule has 1 aromatic rings. The van der Waals surface area contributed by atoms with Crippen molar-refractivity contribution in [2.24, 2.45) is 10.6 Å². The van der Waals surface area contributed by atoms with E-state index in [-0.39, 0.29) is 18.1 Å². The lowest BCUT2D eigenvalue weighted by Gasteiger charge is -2.36. The SMILES string of the molecule is NS(=O)(=O)CC1(COc2cccc(F)c2F)CCOCC1. The van der Waals surface area contributed by atoms with Gasteiger partial charge in [0.2, 0.25) is 15.8 Å². The smallest absolute Gasteiger partial charge is 0.209 e. The number of ether oxygens (including phenoxy) is 2. The first-order valence-electron chi connectivity index (χ1n) is 6.46. The predicted octanol–water partition coefficient (Wildman–Crippen LogP) is 1.43. The first-order valence-corrected chi connectivity index (χ1v) is 8.18. The Morgan fingerprint density at radius 2 is 1.95 bits per heavy atom. The van der Waals surface area contributed by atoms with E-state index in [4.69, 9.17) is 14.6 Å². The van der Waals surface area contributed by atoms with Crippen molar-refractivity contribution in [3.63, 3.8) is 0 Å². The number of rotatable bonds is 5. The molecule has 0 spiro atoms. The molecule has 0 saturated carbocycles. The lowest BCUT2D eigenvalue weighted by Crippen LogP contribution is -2.42. The average molecular weight is 321 g/mol. The van der Waals surface area contributed by atoms with Gasteiger partial charge in [0.05, 0.1) is 12.4 Å². The molecule has 0 amide bonds. The number of hydrogen-bond acceptors (Lipinski definition) is 4. The van der Waals surface area contributed by atoms with E-state index in [1.165, 1.54) is 12.1 Å². The molecule has 1 aliphatic heterocycles. The van der Waals surface area contributed by atoms with Crippen molar-refractivity contribution in [3.05, 3.63) is 29.8 Å². The first-order chi connectivity index (χ1) is 9.81. The van der Waals surface area contributed by atoms with Crippen LogP contribution in [0.1, 0.15) is 12.8 Å². The van der Waals surface area contributed by atoms with E-state index in [2.05, 4.69) is 0 Å². The van der Waals surface area contributed by atoms with Crippen molar-refractivity contribution < 1.29 is 26.7 Å². The minimum Gasteiger partial charge on any atom is -0.490 e. The zero-order chi connectivity index (χ0) is 15.5. The van der Waals surface area contributed by atoms with Gasteiger partial charge in [0.15, 0.2) is 11.6 Å². The fourth-order valence-corrected chi connectivity index (χ4v) is 3.61. The normalized spacial score (nSPS) is 18.4. The zero-order valence-electron chi connectivity index (χ0n) is 11.3. The van der Waals surface area contributed by atoms with Gasteiger partial charge in [-0.1, -0.05) is 6.07 Å². The minimum atomic E-state index is -3.71. The van der Waals surface area contributed by atoms with Gasteiger partial charge in [0.1, 0.15) is 0 Å². The Morgan fingerprint density at radius 1 is 1.29 bits per heavy atom. The first kappa shape index (κ1) is 16.1. The molecule has 0 bridgehead atoms. The van der Waals surface area contributed by atoms with Gasteiger partial charge in [0, 0.05) is 18.6 Å². The molecule has 1 aliphatic rings. The summed E-state index contributed by atoms with van der Waals surface area (Å²) in [5.41, 5.74) is -0.745. The molecule has 1 heterocycles. The maximum Gasteiger partial charge on any atom is 0.209 e. The molecule has 21 heavy (non-hydrogen) atoms. The summed E-state index contributed by atoms with van der Waals surface area (Å²) in [5.74, 6) is -2.62. The molecule has 1 saturated heterocycles. The summed E-state index contributed by atoms with van der Waals surface area (Å²) in [4.78, 5) is 0. The van der Waals surface area contributed by atoms with Gasteiger partial charge in [0.25, 0.3) is 0 Å². The van der Waals surface area contributed by atoms with Crippen molar-refractivity contribution in [2.75, 3.05) is 25.6 Å². The van der Waals surface area contributed by atoms with Gasteiger partial charge >= 0.3 is 0 Å².